The van der Waals surface area contributed by atoms with Crippen molar-refractivity contribution in [1.82, 2.24) is 0 Å². The lowest BCUT2D eigenvalue weighted by molar-refractivity contribution is 0.0674. The van der Waals surface area contributed by atoms with Crippen molar-refractivity contribution in [2.45, 2.75) is 45.6 Å². The molecule has 1 saturated carbocycles. The first kappa shape index (κ1) is 14.4. The van der Waals surface area contributed by atoms with Crippen LogP contribution in [-0.4, -0.2) is 17.2 Å². The SMILES string of the molecule is CC1(C)CCC(Oc2cc(Br)ccc2C(=O)O)CC1. The number of aromatic carboxylic acids is 1. The predicted molar refractivity (Wildman–Crippen MR) is 77.8 cm³/mol. The molecule has 1 N–H and O–H groups in total. The molecule has 1 fully saturated rings. The first-order chi connectivity index (χ1) is 8.87. The average Bonchev–Trinajstić information content (AvgIpc) is 2.31. The number of rotatable bonds is 3. The molecule has 1 aliphatic carbocycles. The van der Waals surface area contributed by atoms with Crippen molar-refractivity contribution >= 4 is 21.9 Å². The molecule has 2 rings (SSSR count). The summed E-state index contributed by atoms with van der Waals surface area (Å²) >= 11 is 3.36. The summed E-state index contributed by atoms with van der Waals surface area (Å²) in [5, 5.41) is 9.17. The lowest BCUT2D eigenvalue weighted by Crippen LogP contribution is -2.28. The summed E-state index contributed by atoms with van der Waals surface area (Å²) in [7, 11) is 0. The molecule has 104 valence electrons. The van der Waals surface area contributed by atoms with Gasteiger partial charge in [-0.15, -0.1) is 0 Å². The first-order valence-corrected chi connectivity index (χ1v) is 7.36. The molecule has 0 atom stereocenters. The highest BCUT2D eigenvalue weighted by molar-refractivity contribution is 9.10. The van der Waals surface area contributed by atoms with E-state index >= 15 is 0 Å². The summed E-state index contributed by atoms with van der Waals surface area (Å²) < 4.78 is 6.75. The van der Waals surface area contributed by atoms with Crippen LogP contribution in [0.25, 0.3) is 0 Å². The predicted octanol–water partition coefficient (Wildman–Crippen LogP) is 4.49. The molecule has 3 nitrogen and oxygen atoms in total. The fraction of sp³-hybridized carbons (Fsp3) is 0.533. The lowest BCUT2D eigenvalue weighted by Gasteiger charge is -2.34. The Morgan fingerprint density at radius 2 is 2.00 bits per heavy atom. The van der Waals surface area contributed by atoms with Crippen LogP contribution in [-0.2, 0) is 0 Å². The third-order valence-corrected chi connectivity index (χ3v) is 4.25. The quantitative estimate of drug-likeness (QED) is 0.889. The molecule has 0 bridgehead atoms. The summed E-state index contributed by atoms with van der Waals surface area (Å²) in [5.74, 6) is -0.481. The Kier molecular flexibility index (Phi) is 4.19. The van der Waals surface area contributed by atoms with Crippen molar-refractivity contribution < 1.29 is 14.6 Å². The molecule has 1 aromatic carbocycles. The standard InChI is InChI=1S/C15H19BrO3/c1-15(2)7-5-11(6-8-15)19-13-9-10(16)3-4-12(13)14(17)18/h3-4,9,11H,5-8H2,1-2H3,(H,17,18). The monoisotopic (exact) mass is 326 g/mol. The molecular weight excluding hydrogens is 308 g/mol. The smallest absolute Gasteiger partial charge is 0.339 e. The minimum absolute atomic E-state index is 0.125. The number of hydrogen-bond donors (Lipinski definition) is 1. The van der Waals surface area contributed by atoms with Crippen molar-refractivity contribution in [3.8, 4) is 5.75 Å². The van der Waals surface area contributed by atoms with Crippen LogP contribution < -0.4 is 4.74 Å². The van der Waals surface area contributed by atoms with E-state index in [9.17, 15) is 9.90 Å². The van der Waals surface area contributed by atoms with Crippen molar-refractivity contribution in [2.75, 3.05) is 0 Å². The molecule has 0 unspecified atom stereocenters. The van der Waals surface area contributed by atoms with Gasteiger partial charge in [-0.1, -0.05) is 29.8 Å². The fourth-order valence-corrected chi connectivity index (χ4v) is 2.78. The van der Waals surface area contributed by atoms with E-state index in [0.717, 1.165) is 30.2 Å². The van der Waals surface area contributed by atoms with Crippen LogP contribution >= 0.6 is 15.9 Å². The second kappa shape index (κ2) is 5.53. The summed E-state index contributed by atoms with van der Waals surface area (Å²) in [6.07, 6.45) is 4.33. The highest BCUT2D eigenvalue weighted by Crippen LogP contribution is 2.37. The van der Waals surface area contributed by atoms with E-state index in [4.69, 9.17) is 4.74 Å². The van der Waals surface area contributed by atoms with Gasteiger partial charge in [0.15, 0.2) is 0 Å². The highest BCUT2D eigenvalue weighted by atomic mass is 79.9. The maximum atomic E-state index is 11.2. The molecular formula is C15H19BrO3. The Morgan fingerprint density at radius 1 is 1.37 bits per heavy atom. The third-order valence-electron chi connectivity index (χ3n) is 3.75. The van der Waals surface area contributed by atoms with Gasteiger partial charge < -0.3 is 9.84 Å². The van der Waals surface area contributed by atoms with E-state index in [1.54, 1.807) is 18.2 Å². The number of ether oxygens (including phenoxy) is 1. The number of carbonyl (C=O) groups is 1. The van der Waals surface area contributed by atoms with Crippen LogP contribution in [0.15, 0.2) is 22.7 Å². The van der Waals surface area contributed by atoms with E-state index < -0.39 is 5.97 Å². The van der Waals surface area contributed by atoms with E-state index in [-0.39, 0.29) is 11.7 Å². The van der Waals surface area contributed by atoms with Gasteiger partial charge in [-0.2, -0.15) is 0 Å². The molecule has 4 heteroatoms. The van der Waals surface area contributed by atoms with Crippen molar-refractivity contribution in [1.29, 1.82) is 0 Å². The minimum Gasteiger partial charge on any atom is -0.489 e. The van der Waals surface area contributed by atoms with Crippen molar-refractivity contribution in [3.63, 3.8) is 0 Å². The van der Waals surface area contributed by atoms with Crippen LogP contribution in [0.4, 0.5) is 0 Å². The van der Waals surface area contributed by atoms with Gasteiger partial charge in [-0.3, -0.25) is 0 Å². The maximum absolute atomic E-state index is 11.2. The van der Waals surface area contributed by atoms with Gasteiger partial charge in [0.05, 0.1) is 6.10 Å². The molecule has 0 radical (unpaired) electrons. The maximum Gasteiger partial charge on any atom is 0.339 e. The fourth-order valence-electron chi connectivity index (χ4n) is 2.44. The number of hydrogen-bond acceptors (Lipinski definition) is 2. The van der Waals surface area contributed by atoms with Gasteiger partial charge in [0.2, 0.25) is 0 Å². The average molecular weight is 327 g/mol. The zero-order chi connectivity index (χ0) is 14.0. The molecule has 0 spiro atoms. The van der Waals surface area contributed by atoms with Crippen LogP contribution in [0.2, 0.25) is 0 Å². The van der Waals surface area contributed by atoms with Gasteiger partial charge in [0, 0.05) is 4.47 Å². The van der Waals surface area contributed by atoms with E-state index in [0.29, 0.717) is 11.2 Å². The van der Waals surface area contributed by atoms with E-state index in [1.807, 2.05) is 0 Å². The second-order valence-corrected chi connectivity index (χ2v) is 6.84. The highest BCUT2D eigenvalue weighted by Gasteiger charge is 2.28. The Hall–Kier alpha value is -1.03. The van der Waals surface area contributed by atoms with E-state index in [1.165, 1.54) is 0 Å². The number of carboxylic acids is 1. The molecule has 0 aromatic heterocycles. The number of carboxylic acid groups (broad SMARTS) is 1. The molecule has 1 aliphatic rings. The summed E-state index contributed by atoms with van der Waals surface area (Å²) in [5.41, 5.74) is 0.611. The van der Waals surface area contributed by atoms with Crippen LogP contribution in [0.5, 0.6) is 5.75 Å². The Bertz CT molecular complexity index is 472. The second-order valence-electron chi connectivity index (χ2n) is 5.93. The summed E-state index contributed by atoms with van der Waals surface area (Å²) in [4.78, 5) is 11.2. The van der Waals surface area contributed by atoms with Crippen molar-refractivity contribution in [3.05, 3.63) is 28.2 Å². The summed E-state index contributed by atoms with van der Waals surface area (Å²) in [6, 6.07) is 5.04. The topological polar surface area (TPSA) is 46.5 Å². The lowest BCUT2D eigenvalue weighted by atomic mass is 9.76. The molecule has 1 aromatic rings. The molecule has 0 aliphatic heterocycles. The van der Waals surface area contributed by atoms with Gasteiger partial charge in [-0.25, -0.2) is 4.79 Å². The molecule has 19 heavy (non-hydrogen) atoms. The van der Waals surface area contributed by atoms with Crippen molar-refractivity contribution in [2.24, 2.45) is 5.41 Å². The number of benzene rings is 1. The zero-order valence-corrected chi connectivity index (χ0v) is 12.9. The summed E-state index contributed by atoms with van der Waals surface area (Å²) in [6.45, 7) is 4.54. The van der Waals surface area contributed by atoms with Crippen LogP contribution in [0, 0.1) is 5.41 Å². The van der Waals surface area contributed by atoms with Crippen LogP contribution in [0.3, 0.4) is 0 Å². The van der Waals surface area contributed by atoms with E-state index in [2.05, 4.69) is 29.8 Å². The Labute approximate surface area is 122 Å². The molecule has 0 heterocycles. The Morgan fingerprint density at radius 3 is 2.58 bits per heavy atom. The molecule has 0 saturated heterocycles. The minimum atomic E-state index is -0.946. The normalized spacial score (nSPS) is 19.1. The van der Waals surface area contributed by atoms with Gasteiger partial charge in [-0.05, 0) is 49.3 Å². The molecule has 0 amide bonds. The first-order valence-electron chi connectivity index (χ1n) is 6.57. The number of halogens is 1. The largest absolute Gasteiger partial charge is 0.489 e. The third kappa shape index (κ3) is 3.72. The zero-order valence-electron chi connectivity index (χ0n) is 11.3. The van der Waals surface area contributed by atoms with Gasteiger partial charge in [0.25, 0.3) is 0 Å². The van der Waals surface area contributed by atoms with Crippen LogP contribution in [0.1, 0.15) is 49.9 Å². The van der Waals surface area contributed by atoms with Gasteiger partial charge >= 0.3 is 5.97 Å². The van der Waals surface area contributed by atoms with Gasteiger partial charge in [0.1, 0.15) is 11.3 Å². The Balaban J connectivity index is 2.11.